The molecule has 1 aromatic heterocycles. The first-order chi connectivity index (χ1) is 9.18. The Morgan fingerprint density at radius 1 is 1.47 bits per heavy atom. The van der Waals surface area contributed by atoms with Gasteiger partial charge in [-0.25, -0.2) is 9.97 Å². The zero-order valence-corrected chi connectivity index (χ0v) is 11.0. The van der Waals surface area contributed by atoms with Crippen LogP contribution in [0.15, 0.2) is 6.33 Å². The first-order valence-electron chi connectivity index (χ1n) is 6.73. The van der Waals surface area contributed by atoms with Gasteiger partial charge in [-0.1, -0.05) is 0 Å². The minimum atomic E-state index is -0.179. The minimum absolute atomic E-state index is 0.0967. The van der Waals surface area contributed by atoms with Crippen LogP contribution in [-0.2, 0) is 0 Å². The topological polar surface area (TPSA) is 78.4 Å². The maximum absolute atomic E-state index is 12.6. The van der Waals surface area contributed by atoms with Crippen LogP contribution in [0.5, 0.6) is 5.75 Å². The number of aromatic hydroxyl groups is 1. The molecule has 19 heavy (non-hydrogen) atoms. The van der Waals surface area contributed by atoms with Gasteiger partial charge in [-0.3, -0.25) is 4.79 Å². The zero-order valence-electron chi connectivity index (χ0n) is 11.0. The molecule has 6 heteroatoms. The lowest BCUT2D eigenvalue weighted by Gasteiger charge is -2.37. The summed E-state index contributed by atoms with van der Waals surface area (Å²) >= 11 is 0. The van der Waals surface area contributed by atoms with Gasteiger partial charge < -0.3 is 15.3 Å². The number of carbonyl (C=O) groups excluding carboxylic acids is 1. The first kappa shape index (κ1) is 12.3. The fourth-order valence-electron chi connectivity index (χ4n) is 3.08. The van der Waals surface area contributed by atoms with Crippen molar-refractivity contribution in [3.05, 3.63) is 17.7 Å². The van der Waals surface area contributed by atoms with Gasteiger partial charge in [-0.2, -0.15) is 0 Å². The second-order valence-electron chi connectivity index (χ2n) is 5.21. The van der Waals surface area contributed by atoms with Crippen LogP contribution in [0, 0.1) is 6.92 Å². The summed E-state index contributed by atoms with van der Waals surface area (Å²) in [6.07, 6.45) is 4.41. The third-order valence-corrected chi connectivity index (χ3v) is 4.09. The molecular formula is C13H18N4O2. The number of nitrogens with one attached hydrogen (secondary N) is 1. The molecule has 0 spiro atoms. The summed E-state index contributed by atoms with van der Waals surface area (Å²) in [6, 6.07) is 0.624. The van der Waals surface area contributed by atoms with Crippen molar-refractivity contribution in [2.75, 3.05) is 13.1 Å². The monoisotopic (exact) mass is 262 g/mol. The normalized spacial score (nSPS) is 26.3. The number of aryl methyl sites for hydroxylation is 1. The van der Waals surface area contributed by atoms with Crippen molar-refractivity contribution in [1.29, 1.82) is 0 Å². The molecule has 0 aromatic carbocycles. The average molecular weight is 262 g/mol. The highest BCUT2D eigenvalue weighted by molar-refractivity contribution is 5.95. The fraction of sp³-hybridized carbons (Fsp3) is 0.615. The number of hydrogen-bond donors (Lipinski definition) is 2. The van der Waals surface area contributed by atoms with Crippen LogP contribution in [0.4, 0.5) is 0 Å². The lowest BCUT2D eigenvalue weighted by molar-refractivity contribution is 0.0590. The summed E-state index contributed by atoms with van der Waals surface area (Å²) < 4.78 is 0. The van der Waals surface area contributed by atoms with Crippen molar-refractivity contribution in [3.63, 3.8) is 0 Å². The minimum Gasteiger partial charge on any atom is -0.504 e. The van der Waals surface area contributed by atoms with Crippen LogP contribution in [0.2, 0.25) is 0 Å². The van der Waals surface area contributed by atoms with Gasteiger partial charge in [0.25, 0.3) is 5.91 Å². The zero-order chi connectivity index (χ0) is 13.4. The van der Waals surface area contributed by atoms with Crippen LogP contribution in [0.3, 0.4) is 0 Å². The van der Waals surface area contributed by atoms with Gasteiger partial charge in [0.15, 0.2) is 11.4 Å². The highest BCUT2D eigenvalue weighted by Crippen LogP contribution is 2.27. The molecule has 0 radical (unpaired) electrons. The maximum atomic E-state index is 12.6. The number of likely N-dealkylation sites (tertiary alicyclic amines) is 1. The van der Waals surface area contributed by atoms with Crippen molar-refractivity contribution in [3.8, 4) is 5.75 Å². The predicted octanol–water partition coefficient (Wildman–Crippen LogP) is 0.457. The Morgan fingerprint density at radius 3 is 3.16 bits per heavy atom. The summed E-state index contributed by atoms with van der Waals surface area (Å²) in [7, 11) is 0. The van der Waals surface area contributed by atoms with E-state index in [9.17, 15) is 9.90 Å². The summed E-state index contributed by atoms with van der Waals surface area (Å²) in [4.78, 5) is 22.3. The van der Waals surface area contributed by atoms with E-state index < -0.39 is 0 Å². The molecule has 2 aliphatic rings. The van der Waals surface area contributed by atoms with Gasteiger partial charge in [-0.05, 0) is 32.7 Å². The first-order valence-corrected chi connectivity index (χ1v) is 6.73. The van der Waals surface area contributed by atoms with Crippen LogP contribution in [0.1, 0.15) is 35.4 Å². The van der Waals surface area contributed by atoms with E-state index in [2.05, 4.69) is 15.3 Å². The van der Waals surface area contributed by atoms with E-state index in [4.69, 9.17) is 0 Å². The summed E-state index contributed by atoms with van der Waals surface area (Å²) in [5.41, 5.74) is 0.566. The van der Waals surface area contributed by atoms with E-state index in [-0.39, 0.29) is 23.4 Å². The Balaban J connectivity index is 1.88. The maximum Gasteiger partial charge on any atom is 0.276 e. The number of aromatic nitrogens is 2. The SMILES string of the molecule is Cc1ncnc(C(=O)N2CCCC3NCCC32)c1O. The van der Waals surface area contributed by atoms with E-state index >= 15 is 0 Å². The molecule has 3 rings (SSSR count). The largest absolute Gasteiger partial charge is 0.504 e. The smallest absolute Gasteiger partial charge is 0.276 e. The Labute approximate surface area is 111 Å². The Kier molecular flexibility index (Phi) is 3.10. The number of amides is 1. The highest BCUT2D eigenvalue weighted by atomic mass is 16.3. The Morgan fingerprint density at radius 2 is 2.32 bits per heavy atom. The van der Waals surface area contributed by atoms with Crippen LogP contribution in [-0.4, -0.2) is 51.1 Å². The number of nitrogens with zero attached hydrogens (tertiary/aromatic N) is 3. The molecule has 2 saturated heterocycles. The van der Waals surface area contributed by atoms with Gasteiger partial charge in [0.05, 0.1) is 5.69 Å². The third-order valence-electron chi connectivity index (χ3n) is 4.09. The lowest BCUT2D eigenvalue weighted by atomic mass is 9.97. The molecule has 0 saturated carbocycles. The van der Waals surface area contributed by atoms with Crippen LogP contribution in [0.25, 0.3) is 0 Å². The quantitative estimate of drug-likeness (QED) is 0.768. The van der Waals surface area contributed by atoms with Crippen LogP contribution < -0.4 is 5.32 Å². The Hall–Kier alpha value is -1.69. The molecule has 2 fully saturated rings. The lowest BCUT2D eigenvalue weighted by Crippen LogP contribution is -2.51. The molecule has 102 valence electrons. The van der Waals surface area contributed by atoms with Gasteiger partial charge in [0.2, 0.25) is 0 Å². The number of rotatable bonds is 1. The molecule has 0 bridgehead atoms. The second kappa shape index (κ2) is 4.77. The highest BCUT2D eigenvalue weighted by Gasteiger charge is 2.38. The predicted molar refractivity (Wildman–Crippen MR) is 68.9 cm³/mol. The standard InChI is InChI=1S/C13H18N4O2/c1-8-12(18)11(16-7-15-8)13(19)17-6-2-3-9-10(17)4-5-14-9/h7,9-10,14,18H,2-6H2,1H3. The van der Waals surface area contributed by atoms with Crippen molar-refractivity contribution < 1.29 is 9.90 Å². The summed E-state index contributed by atoms with van der Waals surface area (Å²) in [5, 5.41) is 13.4. The van der Waals surface area contributed by atoms with Crippen molar-refractivity contribution in [1.82, 2.24) is 20.2 Å². The summed E-state index contributed by atoms with van der Waals surface area (Å²) in [5.74, 6) is -0.276. The molecule has 1 amide bonds. The van der Waals surface area contributed by atoms with Gasteiger partial charge >= 0.3 is 0 Å². The molecule has 2 atom stereocenters. The second-order valence-corrected chi connectivity index (χ2v) is 5.21. The van der Waals surface area contributed by atoms with E-state index in [1.54, 1.807) is 6.92 Å². The molecule has 0 aliphatic carbocycles. The number of fused-ring (bicyclic) bond motifs is 1. The van der Waals surface area contributed by atoms with Crippen molar-refractivity contribution >= 4 is 5.91 Å². The molecule has 3 heterocycles. The molecule has 6 nitrogen and oxygen atoms in total. The number of hydrogen-bond acceptors (Lipinski definition) is 5. The van der Waals surface area contributed by atoms with Gasteiger partial charge in [-0.15, -0.1) is 0 Å². The third kappa shape index (κ3) is 2.06. The van der Waals surface area contributed by atoms with Crippen molar-refractivity contribution in [2.24, 2.45) is 0 Å². The van der Waals surface area contributed by atoms with E-state index in [1.807, 2.05) is 4.90 Å². The molecular weight excluding hydrogens is 244 g/mol. The van der Waals surface area contributed by atoms with E-state index in [1.165, 1.54) is 6.33 Å². The Bertz CT molecular complexity index is 505. The van der Waals surface area contributed by atoms with E-state index in [0.29, 0.717) is 11.7 Å². The molecule has 1 aromatic rings. The van der Waals surface area contributed by atoms with Crippen LogP contribution >= 0.6 is 0 Å². The molecule has 2 unspecified atom stereocenters. The van der Waals surface area contributed by atoms with Crippen molar-refractivity contribution in [2.45, 2.75) is 38.3 Å². The summed E-state index contributed by atoms with van der Waals surface area (Å²) in [6.45, 7) is 3.36. The number of carbonyl (C=O) groups is 1. The fourth-order valence-corrected chi connectivity index (χ4v) is 3.08. The van der Waals surface area contributed by atoms with Gasteiger partial charge in [0.1, 0.15) is 6.33 Å². The molecule has 2 aliphatic heterocycles. The average Bonchev–Trinajstić information content (AvgIpc) is 2.89. The molecule has 2 N–H and O–H groups in total. The van der Waals surface area contributed by atoms with Gasteiger partial charge in [0, 0.05) is 18.6 Å². The van der Waals surface area contributed by atoms with E-state index in [0.717, 1.165) is 32.4 Å². The number of piperidine rings is 1.